The van der Waals surface area contributed by atoms with Gasteiger partial charge >= 0.3 is 0 Å². The van der Waals surface area contributed by atoms with Gasteiger partial charge in [0.15, 0.2) is 11.5 Å². The number of piperidine rings is 1. The third-order valence-electron chi connectivity index (χ3n) is 4.85. The van der Waals surface area contributed by atoms with Crippen LogP contribution in [0.1, 0.15) is 36.2 Å². The van der Waals surface area contributed by atoms with E-state index in [9.17, 15) is 4.79 Å². The average molecular weight is 333 g/mol. The standard InChI is InChI=1S/C17H27N5O2/c1-24-13-12-21-10-6-14(7-11-21)18-17(23)15-4-5-16(20-19-15)22-8-2-3-9-22/h4-5,14H,2-3,6-13H2,1H3,(H,18,23). The Balaban J connectivity index is 1.47. The normalized spacial score (nSPS) is 19.6. The van der Waals surface area contributed by atoms with Gasteiger partial charge in [0.25, 0.3) is 5.91 Å². The Labute approximate surface area is 143 Å². The highest BCUT2D eigenvalue weighted by atomic mass is 16.5. The van der Waals surface area contributed by atoms with Gasteiger partial charge in [0.05, 0.1) is 6.61 Å². The number of hydrogen-bond donors (Lipinski definition) is 1. The summed E-state index contributed by atoms with van der Waals surface area (Å²) in [5.74, 6) is 0.751. The van der Waals surface area contributed by atoms with Crippen LogP contribution in [0.5, 0.6) is 0 Å². The predicted molar refractivity (Wildman–Crippen MR) is 92.3 cm³/mol. The number of methoxy groups -OCH3 is 1. The van der Waals surface area contributed by atoms with Crippen molar-refractivity contribution in [1.82, 2.24) is 20.4 Å². The molecule has 0 aliphatic carbocycles. The molecule has 24 heavy (non-hydrogen) atoms. The van der Waals surface area contributed by atoms with Gasteiger partial charge in [-0.2, -0.15) is 0 Å². The molecule has 0 unspecified atom stereocenters. The lowest BCUT2D eigenvalue weighted by Crippen LogP contribution is -2.45. The van der Waals surface area contributed by atoms with Gasteiger partial charge in [0.1, 0.15) is 0 Å². The maximum atomic E-state index is 12.3. The van der Waals surface area contributed by atoms with Crippen LogP contribution >= 0.6 is 0 Å². The van der Waals surface area contributed by atoms with Crippen molar-refractivity contribution < 1.29 is 9.53 Å². The molecule has 3 heterocycles. The first kappa shape index (κ1) is 17.1. The van der Waals surface area contributed by atoms with Crippen LogP contribution < -0.4 is 10.2 Å². The van der Waals surface area contributed by atoms with E-state index in [1.165, 1.54) is 12.8 Å². The fourth-order valence-corrected chi connectivity index (χ4v) is 3.34. The second-order valence-electron chi connectivity index (χ2n) is 6.55. The summed E-state index contributed by atoms with van der Waals surface area (Å²) in [7, 11) is 1.73. The molecule has 3 rings (SSSR count). The summed E-state index contributed by atoms with van der Waals surface area (Å²) < 4.78 is 5.11. The smallest absolute Gasteiger partial charge is 0.272 e. The van der Waals surface area contributed by atoms with Crippen LogP contribution in [0.25, 0.3) is 0 Å². The van der Waals surface area contributed by atoms with Gasteiger partial charge < -0.3 is 19.9 Å². The Morgan fingerprint density at radius 1 is 1.21 bits per heavy atom. The Kier molecular flexibility index (Phi) is 5.98. The lowest BCUT2D eigenvalue weighted by Gasteiger charge is -2.32. The number of rotatable bonds is 6. The minimum Gasteiger partial charge on any atom is -0.383 e. The van der Waals surface area contributed by atoms with Crippen molar-refractivity contribution in [3.63, 3.8) is 0 Å². The van der Waals surface area contributed by atoms with E-state index < -0.39 is 0 Å². The molecule has 0 bridgehead atoms. The van der Waals surface area contributed by atoms with Crippen molar-refractivity contribution >= 4 is 11.7 Å². The fraction of sp³-hybridized carbons (Fsp3) is 0.706. The van der Waals surface area contributed by atoms with Crippen molar-refractivity contribution in [3.05, 3.63) is 17.8 Å². The first-order valence-corrected chi connectivity index (χ1v) is 8.87. The molecule has 1 amide bonds. The van der Waals surface area contributed by atoms with E-state index in [-0.39, 0.29) is 11.9 Å². The Bertz CT molecular complexity index is 522. The minimum atomic E-state index is -0.120. The molecule has 1 aromatic heterocycles. The SMILES string of the molecule is COCCN1CCC(NC(=O)c2ccc(N3CCCC3)nn2)CC1. The Morgan fingerprint density at radius 2 is 1.96 bits per heavy atom. The number of ether oxygens (including phenoxy) is 1. The summed E-state index contributed by atoms with van der Waals surface area (Å²) in [4.78, 5) is 16.9. The largest absolute Gasteiger partial charge is 0.383 e. The molecule has 132 valence electrons. The number of likely N-dealkylation sites (tertiary alicyclic amines) is 1. The van der Waals surface area contributed by atoms with Crippen LogP contribution in [0.2, 0.25) is 0 Å². The summed E-state index contributed by atoms with van der Waals surface area (Å²) in [6, 6.07) is 3.90. The molecular weight excluding hydrogens is 306 g/mol. The molecule has 0 aromatic carbocycles. The predicted octanol–water partition coefficient (Wildman–Crippen LogP) is 0.917. The summed E-state index contributed by atoms with van der Waals surface area (Å²) in [5, 5.41) is 11.4. The van der Waals surface area contributed by atoms with E-state index in [0.29, 0.717) is 5.69 Å². The second kappa shape index (κ2) is 8.39. The van der Waals surface area contributed by atoms with Gasteiger partial charge in [-0.05, 0) is 37.8 Å². The molecule has 2 fully saturated rings. The average Bonchev–Trinajstić information content (AvgIpc) is 3.16. The van der Waals surface area contributed by atoms with Gasteiger partial charge in [-0.3, -0.25) is 4.79 Å². The van der Waals surface area contributed by atoms with E-state index in [2.05, 4.69) is 25.3 Å². The number of carbonyl (C=O) groups is 1. The topological polar surface area (TPSA) is 70.6 Å². The highest BCUT2D eigenvalue weighted by Crippen LogP contribution is 2.17. The number of hydrogen-bond acceptors (Lipinski definition) is 6. The van der Waals surface area contributed by atoms with Gasteiger partial charge in [-0.1, -0.05) is 0 Å². The summed E-state index contributed by atoms with van der Waals surface area (Å²) >= 11 is 0. The van der Waals surface area contributed by atoms with E-state index in [4.69, 9.17) is 4.74 Å². The molecule has 1 aromatic rings. The van der Waals surface area contributed by atoms with Crippen molar-refractivity contribution in [3.8, 4) is 0 Å². The number of aromatic nitrogens is 2. The zero-order valence-corrected chi connectivity index (χ0v) is 14.4. The molecule has 2 aliphatic rings. The monoisotopic (exact) mass is 333 g/mol. The zero-order chi connectivity index (χ0) is 16.8. The molecule has 7 heteroatoms. The highest BCUT2D eigenvalue weighted by Gasteiger charge is 2.22. The van der Waals surface area contributed by atoms with Gasteiger partial charge in [-0.15, -0.1) is 10.2 Å². The highest BCUT2D eigenvalue weighted by molar-refractivity contribution is 5.92. The number of amides is 1. The van der Waals surface area contributed by atoms with E-state index in [1.54, 1.807) is 13.2 Å². The Morgan fingerprint density at radius 3 is 2.58 bits per heavy atom. The lowest BCUT2D eigenvalue weighted by atomic mass is 10.0. The second-order valence-corrected chi connectivity index (χ2v) is 6.55. The number of carbonyl (C=O) groups excluding carboxylic acids is 1. The quantitative estimate of drug-likeness (QED) is 0.835. The van der Waals surface area contributed by atoms with Crippen LogP contribution in [0.3, 0.4) is 0 Å². The van der Waals surface area contributed by atoms with E-state index >= 15 is 0 Å². The summed E-state index contributed by atoms with van der Waals surface area (Å²) in [6.45, 7) is 5.77. The Hall–Kier alpha value is -1.73. The van der Waals surface area contributed by atoms with Crippen LogP contribution in [0, 0.1) is 0 Å². The zero-order valence-electron chi connectivity index (χ0n) is 14.4. The van der Waals surface area contributed by atoms with Crippen molar-refractivity contribution in [2.24, 2.45) is 0 Å². The minimum absolute atomic E-state index is 0.120. The number of nitrogens with zero attached hydrogens (tertiary/aromatic N) is 4. The van der Waals surface area contributed by atoms with Crippen LogP contribution in [0.4, 0.5) is 5.82 Å². The van der Waals surface area contributed by atoms with Crippen molar-refractivity contribution in [1.29, 1.82) is 0 Å². The van der Waals surface area contributed by atoms with Gasteiger partial charge in [-0.25, -0.2) is 0 Å². The van der Waals surface area contributed by atoms with Crippen LogP contribution in [-0.4, -0.2) is 73.5 Å². The first-order chi connectivity index (χ1) is 11.8. The molecule has 7 nitrogen and oxygen atoms in total. The van der Waals surface area contributed by atoms with E-state index in [0.717, 1.165) is 58.0 Å². The molecule has 0 radical (unpaired) electrons. The fourth-order valence-electron chi connectivity index (χ4n) is 3.34. The molecule has 2 aliphatic heterocycles. The van der Waals surface area contributed by atoms with Gasteiger partial charge in [0, 0.05) is 45.9 Å². The maximum Gasteiger partial charge on any atom is 0.272 e. The lowest BCUT2D eigenvalue weighted by molar-refractivity contribution is 0.0887. The molecular formula is C17H27N5O2. The van der Waals surface area contributed by atoms with Crippen LogP contribution in [-0.2, 0) is 4.74 Å². The molecule has 1 N–H and O–H groups in total. The molecule has 0 atom stereocenters. The maximum absolute atomic E-state index is 12.3. The number of nitrogens with one attached hydrogen (secondary N) is 1. The van der Waals surface area contributed by atoms with Crippen molar-refractivity contribution in [2.45, 2.75) is 31.7 Å². The molecule has 0 spiro atoms. The molecule has 2 saturated heterocycles. The first-order valence-electron chi connectivity index (χ1n) is 8.87. The molecule has 0 saturated carbocycles. The van der Waals surface area contributed by atoms with Gasteiger partial charge in [0.2, 0.25) is 0 Å². The van der Waals surface area contributed by atoms with Crippen LogP contribution in [0.15, 0.2) is 12.1 Å². The summed E-state index contributed by atoms with van der Waals surface area (Å²) in [5.41, 5.74) is 0.403. The van der Waals surface area contributed by atoms with Crippen molar-refractivity contribution in [2.75, 3.05) is 51.3 Å². The third-order valence-corrected chi connectivity index (χ3v) is 4.85. The number of anilines is 1. The van der Waals surface area contributed by atoms with E-state index in [1.807, 2.05) is 6.07 Å². The summed E-state index contributed by atoms with van der Waals surface area (Å²) in [6.07, 6.45) is 4.34. The third kappa shape index (κ3) is 4.42.